The molecule has 0 aliphatic heterocycles. The van der Waals surface area contributed by atoms with Gasteiger partial charge in [0, 0.05) is 24.4 Å². The summed E-state index contributed by atoms with van der Waals surface area (Å²) in [7, 11) is -2.35. The minimum absolute atomic E-state index is 0.0952. The predicted molar refractivity (Wildman–Crippen MR) is 88.4 cm³/mol. The Morgan fingerprint density at radius 3 is 2.43 bits per heavy atom. The molecule has 0 amide bonds. The number of carbonyl (C=O) groups is 1. The lowest BCUT2D eigenvalue weighted by Gasteiger charge is -2.23. The van der Waals surface area contributed by atoms with Gasteiger partial charge < -0.3 is 15.2 Å². The van der Waals surface area contributed by atoms with E-state index >= 15 is 0 Å². The number of sulfonamides is 1. The predicted octanol–water partition coefficient (Wildman–Crippen LogP) is 1.91. The molecule has 0 aliphatic rings. The first kappa shape index (κ1) is 19.4. The number of rotatable bonds is 7. The summed E-state index contributed by atoms with van der Waals surface area (Å²) < 4.78 is 31.9. The average molecular weight is 344 g/mol. The lowest BCUT2D eigenvalue weighted by atomic mass is 10.1. The lowest BCUT2D eigenvalue weighted by Crippen LogP contribution is -2.35. The largest absolute Gasteiger partial charge is 0.478 e. The minimum atomic E-state index is -3.82. The third-order valence-electron chi connectivity index (χ3n) is 2.81. The molecule has 1 aromatic carbocycles. The Morgan fingerprint density at radius 2 is 1.96 bits per heavy atom. The number of hydrogen-bond donors (Lipinski definition) is 3. The van der Waals surface area contributed by atoms with Gasteiger partial charge in [-0.25, -0.2) is 17.9 Å². The number of carboxylic acid groups (broad SMARTS) is 1. The Labute approximate surface area is 137 Å². The molecule has 0 aromatic heterocycles. The number of hydrogen-bond acceptors (Lipinski definition) is 5. The molecule has 3 N–H and O–H groups in total. The van der Waals surface area contributed by atoms with E-state index in [1.165, 1.54) is 19.2 Å². The zero-order chi connectivity index (χ0) is 17.8. The number of benzene rings is 1. The first-order valence-electron chi connectivity index (χ1n) is 7.13. The van der Waals surface area contributed by atoms with Crippen molar-refractivity contribution >= 4 is 21.7 Å². The van der Waals surface area contributed by atoms with Crippen LogP contribution in [-0.2, 0) is 14.8 Å². The Morgan fingerprint density at radius 1 is 1.35 bits per heavy atom. The second kappa shape index (κ2) is 7.29. The average Bonchev–Trinajstić information content (AvgIpc) is 2.36. The number of ether oxygens (including phenoxy) is 1. The van der Waals surface area contributed by atoms with Crippen molar-refractivity contribution < 1.29 is 23.1 Å². The molecular formula is C15H24N2O5S. The van der Waals surface area contributed by atoms with E-state index in [1.807, 2.05) is 20.8 Å². The van der Waals surface area contributed by atoms with E-state index < -0.39 is 22.0 Å². The fraction of sp³-hybridized carbons (Fsp3) is 0.533. The summed E-state index contributed by atoms with van der Waals surface area (Å²) in [5, 5.41) is 12.4. The van der Waals surface area contributed by atoms with Gasteiger partial charge in [0.25, 0.3) is 0 Å². The highest BCUT2D eigenvalue weighted by Gasteiger charge is 2.22. The van der Waals surface area contributed by atoms with Crippen molar-refractivity contribution in [2.75, 3.05) is 19.0 Å². The Kier molecular flexibility index (Phi) is 6.15. The van der Waals surface area contributed by atoms with Crippen LogP contribution >= 0.6 is 0 Å². The second-order valence-electron chi connectivity index (χ2n) is 6.37. The summed E-state index contributed by atoms with van der Waals surface area (Å²) in [5.74, 6) is -1.20. The highest BCUT2D eigenvalue weighted by atomic mass is 32.2. The van der Waals surface area contributed by atoms with Crippen molar-refractivity contribution in [2.45, 2.75) is 44.2 Å². The van der Waals surface area contributed by atoms with E-state index in [-0.39, 0.29) is 22.6 Å². The molecule has 0 saturated heterocycles. The zero-order valence-electron chi connectivity index (χ0n) is 14.0. The van der Waals surface area contributed by atoms with Crippen LogP contribution in [0.15, 0.2) is 23.1 Å². The smallest absolute Gasteiger partial charge is 0.337 e. The van der Waals surface area contributed by atoms with Gasteiger partial charge in [-0.05, 0) is 45.9 Å². The summed E-state index contributed by atoms with van der Waals surface area (Å²) in [6.45, 7) is 7.54. The quantitative estimate of drug-likeness (QED) is 0.698. The van der Waals surface area contributed by atoms with Crippen LogP contribution in [0, 0.1) is 0 Å². The second-order valence-corrected chi connectivity index (χ2v) is 8.08. The normalized spacial score (nSPS) is 13.6. The summed E-state index contributed by atoms with van der Waals surface area (Å²) in [4.78, 5) is 11.3. The number of aromatic carboxylic acids is 1. The fourth-order valence-corrected chi connectivity index (χ4v) is 3.25. The van der Waals surface area contributed by atoms with Gasteiger partial charge in [-0.15, -0.1) is 0 Å². The maximum absolute atomic E-state index is 12.3. The molecule has 1 atom stereocenters. The molecule has 23 heavy (non-hydrogen) atoms. The van der Waals surface area contributed by atoms with Crippen LogP contribution in [0.1, 0.15) is 38.1 Å². The number of nitrogens with one attached hydrogen (secondary N) is 2. The molecular weight excluding hydrogens is 320 g/mol. The molecule has 0 saturated carbocycles. The van der Waals surface area contributed by atoms with Gasteiger partial charge in [0.15, 0.2) is 0 Å². The standard InChI is InChI=1S/C15H24N2O5S/c1-10(9-22-5)17-23(20,21)11-6-7-13(16-15(2,3)4)12(8-11)14(18)19/h6-8,10,16-17H,9H2,1-5H3,(H,18,19). The molecule has 1 rings (SSSR count). The van der Waals surface area contributed by atoms with Gasteiger partial charge in [0.05, 0.1) is 17.1 Å². The van der Waals surface area contributed by atoms with E-state index in [4.69, 9.17) is 4.74 Å². The van der Waals surface area contributed by atoms with Crippen LogP contribution in [0.4, 0.5) is 5.69 Å². The first-order chi connectivity index (χ1) is 10.5. The molecule has 0 radical (unpaired) electrons. The highest BCUT2D eigenvalue weighted by molar-refractivity contribution is 7.89. The third kappa shape index (κ3) is 5.81. The van der Waals surface area contributed by atoms with Crippen molar-refractivity contribution in [3.05, 3.63) is 23.8 Å². The number of anilines is 1. The summed E-state index contributed by atoms with van der Waals surface area (Å²) in [6, 6.07) is 3.57. The van der Waals surface area contributed by atoms with Gasteiger partial charge in [0.2, 0.25) is 10.0 Å². The lowest BCUT2D eigenvalue weighted by molar-refractivity contribution is 0.0697. The van der Waals surface area contributed by atoms with Crippen LogP contribution in [0.25, 0.3) is 0 Å². The van der Waals surface area contributed by atoms with Crippen molar-refractivity contribution in [2.24, 2.45) is 0 Å². The summed E-state index contributed by atoms with van der Waals surface area (Å²) >= 11 is 0. The van der Waals surface area contributed by atoms with E-state index in [0.717, 1.165) is 6.07 Å². The van der Waals surface area contributed by atoms with Gasteiger partial charge in [-0.2, -0.15) is 0 Å². The maximum atomic E-state index is 12.3. The summed E-state index contributed by atoms with van der Waals surface area (Å²) in [6.07, 6.45) is 0. The Bertz CT molecular complexity index is 665. The molecule has 1 aromatic rings. The topological polar surface area (TPSA) is 105 Å². The van der Waals surface area contributed by atoms with E-state index in [0.29, 0.717) is 5.69 Å². The van der Waals surface area contributed by atoms with Gasteiger partial charge in [-0.3, -0.25) is 0 Å². The molecule has 0 aliphatic carbocycles. The fourth-order valence-electron chi connectivity index (χ4n) is 2.00. The molecule has 130 valence electrons. The SMILES string of the molecule is COCC(C)NS(=O)(=O)c1ccc(NC(C)(C)C)c(C(=O)O)c1. The van der Waals surface area contributed by atoms with Crippen LogP contribution in [0.5, 0.6) is 0 Å². The summed E-state index contributed by atoms with van der Waals surface area (Å²) in [5.41, 5.74) is -0.0772. The molecule has 1 unspecified atom stereocenters. The van der Waals surface area contributed by atoms with E-state index in [9.17, 15) is 18.3 Å². The third-order valence-corrected chi connectivity index (χ3v) is 4.40. The van der Waals surface area contributed by atoms with Crippen LogP contribution in [0.3, 0.4) is 0 Å². The molecule has 0 bridgehead atoms. The van der Waals surface area contributed by atoms with Gasteiger partial charge >= 0.3 is 5.97 Å². The van der Waals surface area contributed by atoms with Gasteiger partial charge in [0.1, 0.15) is 0 Å². The Hall–Kier alpha value is -1.64. The molecule has 0 spiro atoms. The monoisotopic (exact) mass is 344 g/mol. The Balaban J connectivity index is 3.20. The molecule has 7 nitrogen and oxygen atoms in total. The van der Waals surface area contributed by atoms with Crippen LogP contribution in [-0.4, -0.2) is 44.8 Å². The van der Waals surface area contributed by atoms with Crippen LogP contribution < -0.4 is 10.0 Å². The molecule has 0 heterocycles. The van der Waals surface area contributed by atoms with E-state index in [1.54, 1.807) is 6.92 Å². The molecule has 8 heteroatoms. The maximum Gasteiger partial charge on any atom is 0.337 e. The van der Waals surface area contributed by atoms with Gasteiger partial charge in [-0.1, -0.05) is 0 Å². The minimum Gasteiger partial charge on any atom is -0.478 e. The first-order valence-corrected chi connectivity index (χ1v) is 8.61. The highest BCUT2D eigenvalue weighted by Crippen LogP contribution is 2.23. The molecule has 0 fully saturated rings. The van der Waals surface area contributed by atoms with Crippen molar-refractivity contribution in [1.29, 1.82) is 0 Å². The zero-order valence-corrected chi connectivity index (χ0v) is 14.8. The van der Waals surface area contributed by atoms with Crippen molar-refractivity contribution in [3.8, 4) is 0 Å². The van der Waals surface area contributed by atoms with Crippen molar-refractivity contribution in [3.63, 3.8) is 0 Å². The van der Waals surface area contributed by atoms with Crippen LogP contribution in [0.2, 0.25) is 0 Å². The van der Waals surface area contributed by atoms with Crippen molar-refractivity contribution in [1.82, 2.24) is 4.72 Å². The van der Waals surface area contributed by atoms with E-state index in [2.05, 4.69) is 10.0 Å². The number of methoxy groups -OCH3 is 1. The number of carboxylic acids is 1.